The van der Waals surface area contributed by atoms with Gasteiger partial charge in [-0.15, -0.1) is 0 Å². The second kappa shape index (κ2) is 11.0. The minimum Gasteiger partial charge on any atom is -0.376 e. The van der Waals surface area contributed by atoms with Crippen LogP contribution in [-0.4, -0.2) is 22.2 Å². The summed E-state index contributed by atoms with van der Waals surface area (Å²) in [6.07, 6.45) is 2.41. The van der Waals surface area contributed by atoms with Crippen molar-refractivity contribution in [2.24, 2.45) is 11.5 Å². The molecule has 0 aliphatic rings. The number of carbonyl (C=O) groups is 2. The highest BCUT2D eigenvalue weighted by molar-refractivity contribution is 5.83. The number of hydrogen-bond donors (Lipinski definition) is 2. The first-order valence-electron chi connectivity index (χ1n) is 10.2. The Morgan fingerprint density at radius 1 is 0.968 bits per heavy atom. The number of ether oxygens (including phenoxy) is 1. The maximum Gasteiger partial charge on any atom is 0.412 e. The summed E-state index contributed by atoms with van der Waals surface area (Å²) in [4.78, 5) is 26.1. The van der Waals surface area contributed by atoms with Gasteiger partial charge in [-0.2, -0.15) is 4.98 Å². The number of benzene rings is 2. The highest BCUT2D eigenvalue weighted by Gasteiger charge is 2.15. The lowest BCUT2D eigenvalue weighted by Gasteiger charge is -2.06. The van der Waals surface area contributed by atoms with Crippen LogP contribution in [0.1, 0.15) is 55.4 Å². The fourth-order valence-corrected chi connectivity index (χ4v) is 3.22. The quantitative estimate of drug-likeness (QED) is 0.287. The van der Waals surface area contributed by atoms with Gasteiger partial charge in [0.05, 0.1) is 6.04 Å². The predicted octanol–water partition coefficient (Wildman–Crippen LogP) is 3.90. The van der Waals surface area contributed by atoms with Crippen LogP contribution in [-0.2, 0) is 16.0 Å². The van der Waals surface area contributed by atoms with E-state index in [0.29, 0.717) is 31.0 Å². The van der Waals surface area contributed by atoms with Gasteiger partial charge in [-0.1, -0.05) is 72.6 Å². The summed E-state index contributed by atoms with van der Waals surface area (Å²) in [5.41, 5.74) is 14.3. The van der Waals surface area contributed by atoms with Crippen LogP contribution >= 0.6 is 0 Å². The van der Waals surface area contributed by atoms with Gasteiger partial charge < -0.3 is 20.7 Å². The van der Waals surface area contributed by atoms with Crippen molar-refractivity contribution in [3.63, 3.8) is 0 Å². The zero-order valence-corrected chi connectivity index (χ0v) is 17.2. The number of nitrogens with two attached hydrogens (primary N) is 2. The van der Waals surface area contributed by atoms with Crippen LogP contribution in [0.2, 0.25) is 0 Å². The van der Waals surface area contributed by atoms with E-state index < -0.39 is 12.1 Å². The first-order chi connectivity index (χ1) is 15.0. The van der Waals surface area contributed by atoms with Crippen LogP contribution in [0.3, 0.4) is 0 Å². The minimum absolute atomic E-state index is 0.145. The zero-order chi connectivity index (χ0) is 22.1. The van der Waals surface area contributed by atoms with E-state index in [4.69, 9.17) is 16.0 Å². The Balaban J connectivity index is 1.43. The van der Waals surface area contributed by atoms with E-state index in [9.17, 15) is 9.59 Å². The van der Waals surface area contributed by atoms with Crippen LogP contribution in [0.15, 0.2) is 59.1 Å². The summed E-state index contributed by atoms with van der Waals surface area (Å²) in [5.74, 6) is 0.381. The Labute approximate surface area is 180 Å². The SMILES string of the molecule is NC(=O)OC(=O)CCCCC[C@H](N)c1nc(Cc2ccc(-c3ccccc3)cc2)no1. The van der Waals surface area contributed by atoms with Gasteiger partial charge in [0.1, 0.15) is 0 Å². The number of primary amides is 1. The lowest BCUT2D eigenvalue weighted by atomic mass is 10.0. The van der Waals surface area contributed by atoms with Crippen LogP contribution in [0.4, 0.5) is 4.79 Å². The van der Waals surface area contributed by atoms with Gasteiger partial charge in [0.2, 0.25) is 5.89 Å². The van der Waals surface area contributed by atoms with Gasteiger partial charge in [0.15, 0.2) is 5.82 Å². The molecule has 3 aromatic rings. The molecule has 1 amide bonds. The second-order valence-electron chi connectivity index (χ2n) is 7.29. The van der Waals surface area contributed by atoms with Gasteiger partial charge in [0, 0.05) is 12.8 Å². The molecule has 0 unspecified atom stereocenters. The summed E-state index contributed by atoms with van der Waals surface area (Å²) >= 11 is 0. The molecule has 0 saturated heterocycles. The maximum absolute atomic E-state index is 11.2. The number of aromatic nitrogens is 2. The molecule has 4 N–H and O–H groups in total. The molecular weight excluding hydrogens is 396 g/mol. The molecule has 1 heterocycles. The lowest BCUT2D eigenvalue weighted by Crippen LogP contribution is -2.18. The van der Waals surface area contributed by atoms with E-state index in [0.717, 1.165) is 24.0 Å². The molecule has 162 valence electrons. The van der Waals surface area contributed by atoms with Crippen LogP contribution in [0.25, 0.3) is 11.1 Å². The van der Waals surface area contributed by atoms with Gasteiger partial charge in [-0.05, 0) is 29.5 Å². The van der Waals surface area contributed by atoms with Crippen molar-refractivity contribution in [2.45, 2.75) is 44.6 Å². The molecule has 2 aromatic carbocycles. The van der Waals surface area contributed by atoms with E-state index in [1.165, 1.54) is 5.56 Å². The lowest BCUT2D eigenvalue weighted by molar-refractivity contribution is -0.137. The summed E-state index contributed by atoms with van der Waals surface area (Å²) in [5, 5.41) is 4.04. The summed E-state index contributed by atoms with van der Waals surface area (Å²) < 4.78 is 9.59. The number of esters is 1. The first kappa shape index (κ1) is 22.2. The molecule has 0 aliphatic heterocycles. The number of hydrogen-bond acceptors (Lipinski definition) is 7. The summed E-state index contributed by atoms with van der Waals surface area (Å²) in [7, 11) is 0. The molecule has 1 atom stereocenters. The smallest absolute Gasteiger partial charge is 0.376 e. The number of unbranched alkanes of at least 4 members (excludes halogenated alkanes) is 2. The maximum atomic E-state index is 11.2. The summed E-state index contributed by atoms with van der Waals surface area (Å²) in [6.45, 7) is 0. The van der Waals surface area contributed by atoms with Crippen molar-refractivity contribution < 1.29 is 18.8 Å². The Kier molecular flexibility index (Phi) is 7.89. The Morgan fingerprint density at radius 3 is 2.39 bits per heavy atom. The van der Waals surface area contributed by atoms with Crippen LogP contribution < -0.4 is 11.5 Å². The standard InChI is InChI=1S/C23H26N4O4/c24-19(9-5-2-6-10-21(28)30-23(25)29)22-26-20(27-31-22)15-16-11-13-18(14-12-16)17-7-3-1-4-8-17/h1,3-4,7-8,11-14,19H,2,5-6,9-10,15,24H2,(H2,25,29)/t19-/m0/s1. The molecule has 0 fully saturated rings. The third-order valence-electron chi connectivity index (χ3n) is 4.83. The monoisotopic (exact) mass is 422 g/mol. The Bertz CT molecular complexity index is 986. The van der Waals surface area contributed by atoms with Gasteiger partial charge in [0.25, 0.3) is 0 Å². The third-order valence-corrected chi connectivity index (χ3v) is 4.83. The first-order valence-corrected chi connectivity index (χ1v) is 10.2. The molecule has 3 rings (SSSR count). The predicted molar refractivity (Wildman–Crippen MR) is 115 cm³/mol. The molecule has 0 radical (unpaired) electrons. The molecular formula is C23H26N4O4. The average molecular weight is 422 g/mol. The Hall–Kier alpha value is -3.52. The fourth-order valence-electron chi connectivity index (χ4n) is 3.22. The van der Waals surface area contributed by atoms with Crippen molar-refractivity contribution >= 4 is 12.1 Å². The number of amides is 1. The van der Waals surface area contributed by atoms with Crippen LogP contribution in [0, 0.1) is 0 Å². The van der Waals surface area contributed by atoms with Crippen LogP contribution in [0.5, 0.6) is 0 Å². The van der Waals surface area contributed by atoms with E-state index in [1.807, 2.05) is 18.2 Å². The normalized spacial score (nSPS) is 11.8. The average Bonchev–Trinajstić information content (AvgIpc) is 3.22. The molecule has 0 bridgehead atoms. The molecule has 31 heavy (non-hydrogen) atoms. The molecule has 0 saturated carbocycles. The van der Waals surface area contributed by atoms with E-state index in [2.05, 4.69) is 51.3 Å². The molecule has 0 spiro atoms. The van der Waals surface area contributed by atoms with E-state index in [1.54, 1.807) is 0 Å². The molecule has 8 nitrogen and oxygen atoms in total. The van der Waals surface area contributed by atoms with Crippen molar-refractivity contribution in [2.75, 3.05) is 0 Å². The van der Waals surface area contributed by atoms with Gasteiger partial charge in [-0.3, -0.25) is 4.79 Å². The highest BCUT2D eigenvalue weighted by Crippen LogP contribution is 2.21. The van der Waals surface area contributed by atoms with Gasteiger partial charge >= 0.3 is 12.1 Å². The molecule has 0 aliphatic carbocycles. The second-order valence-corrected chi connectivity index (χ2v) is 7.29. The topological polar surface area (TPSA) is 134 Å². The van der Waals surface area contributed by atoms with Crippen molar-refractivity contribution in [1.82, 2.24) is 10.1 Å². The van der Waals surface area contributed by atoms with E-state index in [-0.39, 0.29) is 12.5 Å². The van der Waals surface area contributed by atoms with Crippen molar-refractivity contribution in [1.29, 1.82) is 0 Å². The molecule has 8 heteroatoms. The number of rotatable bonds is 10. The van der Waals surface area contributed by atoms with Crippen molar-refractivity contribution in [3.05, 3.63) is 71.9 Å². The third kappa shape index (κ3) is 7.04. The Morgan fingerprint density at radius 2 is 1.68 bits per heavy atom. The van der Waals surface area contributed by atoms with E-state index >= 15 is 0 Å². The fraction of sp³-hybridized carbons (Fsp3) is 0.304. The summed E-state index contributed by atoms with van der Waals surface area (Å²) in [6, 6.07) is 18.1. The number of nitrogens with zero attached hydrogens (tertiary/aromatic N) is 2. The zero-order valence-electron chi connectivity index (χ0n) is 17.2. The minimum atomic E-state index is -1.08. The van der Waals surface area contributed by atoms with Crippen molar-refractivity contribution in [3.8, 4) is 11.1 Å². The molecule has 1 aromatic heterocycles. The highest BCUT2D eigenvalue weighted by atomic mass is 16.6. The number of carbonyl (C=O) groups excluding carboxylic acids is 2. The van der Waals surface area contributed by atoms with Gasteiger partial charge in [-0.25, -0.2) is 4.79 Å². The largest absolute Gasteiger partial charge is 0.412 e.